The Labute approximate surface area is 121 Å². The van der Waals surface area contributed by atoms with E-state index >= 15 is 0 Å². The van der Waals surface area contributed by atoms with Crippen molar-refractivity contribution in [3.05, 3.63) is 46.9 Å². The summed E-state index contributed by atoms with van der Waals surface area (Å²) in [7, 11) is 0. The molecule has 0 radical (unpaired) electrons. The maximum Gasteiger partial charge on any atom is 0.417 e. The summed E-state index contributed by atoms with van der Waals surface area (Å²) < 4.78 is 42.5. The van der Waals surface area contributed by atoms with Gasteiger partial charge in [-0.3, -0.25) is 0 Å². The third kappa shape index (κ3) is 3.40. The molecule has 5 nitrogen and oxygen atoms in total. The number of carboxylic acid groups (broad SMARTS) is 1. The van der Waals surface area contributed by atoms with Crippen LogP contribution < -0.4 is 4.74 Å². The highest BCUT2D eigenvalue weighted by atomic mass is 35.5. The standard InChI is InChI=1S/C12H6ClF3N2O3/c13-7-4-6(12(14,15)16)5-18-10(7)21-8-2-1-3-17-9(8)11(19)20/h1-5H,(H,19,20). The van der Waals surface area contributed by atoms with Crippen LogP contribution in [0.25, 0.3) is 0 Å². The van der Waals surface area contributed by atoms with E-state index in [4.69, 9.17) is 21.4 Å². The third-order valence-electron chi connectivity index (χ3n) is 2.31. The molecule has 21 heavy (non-hydrogen) atoms. The fourth-order valence-electron chi connectivity index (χ4n) is 1.39. The number of rotatable bonds is 3. The molecule has 0 aromatic carbocycles. The summed E-state index contributed by atoms with van der Waals surface area (Å²) in [5.74, 6) is -1.88. The lowest BCUT2D eigenvalue weighted by atomic mass is 10.3. The minimum atomic E-state index is -4.59. The molecule has 2 heterocycles. The van der Waals surface area contributed by atoms with Gasteiger partial charge in [0.1, 0.15) is 5.02 Å². The van der Waals surface area contributed by atoms with E-state index in [1.165, 1.54) is 18.3 Å². The summed E-state index contributed by atoms with van der Waals surface area (Å²) in [4.78, 5) is 18.0. The third-order valence-corrected chi connectivity index (χ3v) is 2.59. The lowest BCUT2D eigenvalue weighted by molar-refractivity contribution is -0.137. The zero-order valence-corrected chi connectivity index (χ0v) is 10.8. The molecule has 2 aromatic rings. The second-order valence-electron chi connectivity index (χ2n) is 3.77. The lowest BCUT2D eigenvalue weighted by Gasteiger charge is -2.10. The number of hydrogen-bond acceptors (Lipinski definition) is 4. The molecule has 1 N–H and O–H groups in total. The van der Waals surface area contributed by atoms with Crippen molar-refractivity contribution >= 4 is 17.6 Å². The zero-order chi connectivity index (χ0) is 15.6. The molecule has 0 aliphatic heterocycles. The Morgan fingerprint density at radius 1 is 1.33 bits per heavy atom. The first kappa shape index (κ1) is 15.0. The molecule has 2 aromatic heterocycles. The van der Waals surface area contributed by atoms with Crippen LogP contribution in [-0.4, -0.2) is 21.0 Å². The topological polar surface area (TPSA) is 72.3 Å². The number of nitrogens with zero attached hydrogens (tertiary/aromatic N) is 2. The summed E-state index contributed by atoms with van der Waals surface area (Å²) in [6.07, 6.45) is -2.81. The molecule has 2 rings (SSSR count). The highest BCUT2D eigenvalue weighted by Crippen LogP contribution is 2.35. The number of carboxylic acids is 1. The van der Waals surface area contributed by atoms with Gasteiger partial charge in [-0.05, 0) is 18.2 Å². The zero-order valence-electron chi connectivity index (χ0n) is 10.1. The van der Waals surface area contributed by atoms with Crippen molar-refractivity contribution in [3.63, 3.8) is 0 Å². The SMILES string of the molecule is O=C(O)c1ncccc1Oc1ncc(C(F)(F)F)cc1Cl. The molecule has 0 amide bonds. The molecule has 0 saturated heterocycles. The van der Waals surface area contributed by atoms with Crippen molar-refractivity contribution in [2.24, 2.45) is 0 Å². The minimum absolute atomic E-state index is 0.181. The van der Waals surface area contributed by atoms with Gasteiger partial charge in [0.25, 0.3) is 0 Å². The van der Waals surface area contributed by atoms with E-state index in [0.717, 1.165) is 0 Å². The Balaban J connectivity index is 2.35. The van der Waals surface area contributed by atoms with Crippen LogP contribution in [-0.2, 0) is 6.18 Å². The van der Waals surface area contributed by atoms with Crippen molar-refractivity contribution in [1.82, 2.24) is 9.97 Å². The fourth-order valence-corrected chi connectivity index (χ4v) is 1.60. The Hall–Kier alpha value is -2.35. The quantitative estimate of drug-likeness (QED) is 0.935. The Morgan fingerprint density at radius 2 is 2.05 bits per heavy atom. The molecular weight excluding hydrogens is 313 g/mol. The smallest absolute Gasteiger partial charge is 0.417 e. The van der Waals surface area contributed by atoms with Gasteiger partial charge in [-0.1, -0.05) is 11.6 Å². The number of pyridine rings is 2. The molecule has 0 atom stereocenters. The normalized spacial score (nSPS) is 11.2. The average Bonchev–Trinajstić information content (AvgIpc) is 2.40. The number of aromatic carboxylic acids is 1. The summed E-state index contributed by atoms with van der Waals surface area (Å²) in [6, 6.07) is 3.33. The summed E-state index contributed by atoms with van der Waals surface area (Å²) >= 11 is 5.66. The molecular formula is C12H6ClF3N2O3. The molecule has 0 saturated carbocycles. The number of carbonyl (C=O) groups is 1. The minimum Gasteiger partial charge on any atom is -0.476 e. The monoisotopic (exact) mass is 318 g/mol. The van der Waals surface area contributed by atoms with Gasteiger partial charge in [-0.2, -0.15) is 13.2 Å². The molecule has 9 heteroatoms. The summed E-state index contributed by atoms with van der Waals surface area (Å²) in [6.45, 7) is 0. The van der Waals surface area contributed by atoms with Crippen molar-refractivity contribution < 1.29 is 27.8 Å². The van der Waals surface area contributed by atoms with Gasteiger partial charge in [0.2, 0.25) is 5.88 Å². The van der Waals surface area contributed by atoms with E-state index in [9.17, 15) is 18.0 Å². The summed E-state index contributed by atoms with van der Waals surface area (Å²) in [5, 5.41) is 8.52. The van der Waals surface area contributed by atoms with Crippen LogP contribution in [0.15, 0.2) is 30.6 Å². The Morgan fingerprint density at radius 3 is 2.62 bits per heavy atom. The number of alkyl halides is 3. The van der Waals surface area contributed by atoms with Crippen LogP contribution in [0.5, 0.6) is 11.6 Å². The average molecular weight is 319 g/mol. The van der Waals surface area contributed by atoms with Crippen molar-refractivity contribution in [3.8, 4) is 11.6 Å². The first-order valence-electron chi connectivity index (χ1n) is 5.38. The summed E-state index contributed by atoms with van der Waals surface area (Å²) in [5.41, 5.74) is -1.44. The van der Waals surface area contributed by atoms with Crippen LogP contribution in [0.3, 0.4) is 0 Å². The highest BCUT2D eigenvalue weighted by molar-refractivity contribution is 6.31. The van der Waals surface area contributed by atoms with E-state index in [1.54, 1.807) is 0 Å². The second-order valence-corrected chi connectivity index (χ2v) is 4.17. The number of hydrogen-bond donors (Lipinski definition) is 1. The van der Waals surface area contributed by atoms with Gasteiger partial charge in [-0.15, -0.1) is 0 Å². The van der Waals surface area contributed by atoms with Crippen molar-refractivity contribution in [2.45, 2.75) is 6.18 Å². The van der Waals surface area contributed by atoms with E-state index in [1.807, 2.05) is 0 Å². The maximum atomic E-state index is 12.5. The molecule has 0 fully saturated rings. The number of aromatic nitrogens is 2. The molecule has 0 unspecified atom stereocenters. The predicted octanol–water partition coefficient (Wildman–Crippen LogP) is 3.64. The molecule has 0 bridgehead atoms. The number of ether oxygens (including phenoxy) is 1. The predicted molar refractivity (Wildman–Crippen MR) is 65.5 cm³/mol. The molecule has 0 spiro atoms. The van der Waals surface area contributed by atoms with Crippen LogP contribution >= 0.6 is 11.6 Å². The molecule has 0 aliphatic rings. The fraction of sp³-hybridized carbons (Fsp3) is 0.0833. The Kier molecular flexibility index (Phi) is 3.99. The lowest BCUT2D eigenvalue weighted by Crippen LogP contribution is -2.07. The van der Waals surface area contributed by atoms with Crippen LogP contribution in [0, 0.1) is 0 Å². The highest BCUT2D eigenvalue weighted by Gasteiger charge is 2.32. The van der Waals surface area contributed by atoms with Gasteiger partial charge in [0, 0.05) is 12.4 Å². The first-order chi connectivity index (χ1) is 9.79. The van der Waals surface area contributed by atoms with Gasteiger partial charge in [0.05, 0.1) is 5.56 Å². The Bertz CT molecular complexity index is 692. The van der Waals surface area contributed by atoms with Gasteiger partial charge < -0.3 is 9.84 Å². The van der Waals surface area contributed by atoms with Gasteiger partial charge in [0.15, 0.2) is 11.4 Å². The first-order valence-corrected chi connectivity index (χ1v) is 5.75. The van der Waals surface area contributed by atoms with Crippen LogP contribution in [0.4, 0.5) is 13.2 Å². The van der Waals surface area contributed by atoms with E-state index in [0.29, 0.717) is 12.3 Å². The van der Waals surface area contributed by atoms with E-state index in [2.05, 4.69) is 9.97 Å². The van der Waals surface area contributed by atoms with Crippen LogP contribution in [0.1, 0.15) is 16.1 Å². The maximum absolute atomic E-state index is 12.5. The van der Waals surface area contributed by atoms with Crippen molar-refractivity contribution in [2.75, 3.05) is 0 Å². The number of halogens is 4. The van der Waals surface area contributed by atoms with Gasteiger partial charge in [-0.25, -0.2) is 14.8 Å². The second kappa shape index (κ2) is 5.57. The van der Waals surface area contributed by atoms with E-state index < -0.39 is 28.4 Å². The van der Waals surface area contributed by atoms with E-state index in [-0.39, 0.29) is 11.6 Å². The van der Waals surface area contributed by atoms with Crippen molar-refractivity contribution in [1.29, 1.82) is 0 Å². The molecule has 110 valence electrons. The largest absolute Gasteiger partial charge is 0.476 e. The van der Waals surface area contributed by atoms with Crippen LogP contribution in [0.2, 0.25) is 5.02 Å². The van der Waals surface area contributed by atoms with Gasteiger partial charge >= 0.3 is 12.1 Å². The molecule has 0 aliphatic carbocycles.